The monoisotopic (exact) mass is 472 g/mol. The van der Waals surface area contributed by atoms with Gasteiger partial charge in [0.15, 0.2) is 0 Å². The lowest BCUT2D eigenvalue weighted by Crippen LogP contribution is -2.48. The Hall–Kier alpha value is -3.98. The van der Waals surface area contributed by atoms with Gasteiger partial charge >= 0.3 is 6.01 Å². The van der Waals surface area contributed by atoms with Gasteiger partial charge in [0.1, 0.15) is 5.82 Å². The van der Waals surface area contributed by atoms with E-state index in [4.69, 9.17) is 14.5 Å². The summed E-state index contributed by atoms with van der Waals surface area (Å²) in [5.41, 5.74) is 4.13. The summed E-state index contributed by atoms with van der Waals surface area (Å²) in [6.45, 7) is 8.69. The second kappa shape index (κ2) is 8.99. The van der Waals surface area contributed by atoms with Gasteiger partial charge in [0.25, 0.3) is 5.56 Å². The molecule has 1 aliphatic heterocycles. The van der Waals surface area contributed by atoms with Crippen LogP contribution in [0.25, 0.3) is 22.0 Å². The molecule has 9 heteroatoms. The summed E-state index contributed by atoms with van der Waals surface area (Å²) in [6, 6.07) is 10.2. The normalized spacial score (nSPS) is 15.3. The zero-order valence-electron chi connectivity index (χ0n) is 20.3. The van der Waals surface area contributed by atoms with Crippen molar-refractivity contribution in [1.29, 1.82) is 0 Å². The van der Waals surface area contributed by atoms with Crippen molar-refractivity contribution in [2.45, 2.75) is 26.4 Å². The maximum Gasteiger partial charge on any atom is 0.316 e. The molecule has 5 rings (SSSR count). The first-order chi connectivity index (χ1) is 16.8. The smallest absolute Gasteiger partial charge is 0.316 e. The van der Waals surface area contributed by atoms with Gasteiger partial charge in [-0.2, -0.15) is 0 Å². The molecule has 0 radical (unpaired) electrons. The van der Waals surface area contributed by atoms with Gasteiger partial charge in [-0.3, -0.25) is 4.79 Å². The number of aromatic nitrogens is 4. The fourth-order valence-corrected chi connectivity index (χ4v) is 4.45. The highest BCUT2D eigenvalue weighted by Crippen LogP contribution is 2.31. The summed E-state index contributed by atoms with van der Waals surface area (Å²) < 4.78 is 10.9. The minimum Gasteiger partial charge on any atom is -0.467 e. The highest BCUT2D eigenvalue weighted by Gasteiger charge is 2.28. The number of morpholine rings is 1. The van der Waals surface area contributed by atoms with Crippen LogP contribution in [0.2, 0.25) is 0 Å². The molecule has 0 amide bonds. The summed E-state index contributed by atoms with van der Waals surface area (Å²) >= 11 is 0. The Morgan fingerprint density at radius 3 is 2.69 bits per heavy atom. The number of aromatic amines is 1. The average Bonchev–Trinajstić information content (AvgIpc) is 2.83. The molecular formula is C26H28N6O3. The van der Waals surface area contributed by atoms with E-state index in [1.54, 1.807) is 18.6 Å². The third-order valence-corrected chi connectivity index (χ3v) is 6.09. The van der Waals surface area contributed by atoms with Crippen LogP contribution in [0.5, 0.6) is 6.01 Å². The number of hydrogen-bond acceptors (Lipinski definition) is 8. The van der Waals surface area contributed by atoms with Crippen molar-refractivity contribution in [2.75, 3.05) is 37.0 Å². The van der Waals surface area contributed by atoms with Crippen molar-refractivity contribution in [1.82, 2.24) is 19.9 Å². The van der Waals surface area contributed by atoms with Gasteiger partial charge in [-0.1, -0.05) is 0 Å². The molecule has 1 saturated heterocycles. The van der Waals surface area contributed by atoms with Gasteiger partial charge in [0.2, 0.25) is 0 Å². The fraction of sp³-hybridized carbons (Fsp3) is 0.308. The molecule has 0 aliphatic carbocycles. The third-order valence-electron chi connectivity index (χ3n) is 6.09. The summed E-state index contributed by atoms with van der Waals surface area (Å²) in [5.74, 6) is 0.467. The molecule has 4 heterocycles. The van der Waals surface area contributed by atoms with Gasteiger partial charge < -0.3 is 24.7 Å². The number of anilines is 3. The number of pyridine rings is 2. The Balaban J connectivity index is 1.51. The lowest BCUT2D eigenvalue weighted by atomic mass is 10.0. The van der Waals surface area contributed by atoms with E-state index in [0.29, 0.717) is 23.5 Å². The maximum absolute atomic E-state index is 12.7. The predicted octanol–water partition coefficient (Wildman–Crippen LogP) is 4.06. The predicted molar refractivity (Wildman–Crippen MR) is 137 cm³/mol. The molecule has 1 fully saturated rings. The molecule has 0 spiro atoms. The number of fused-ring (bicyclic) bond motifs is 1. The van der Waals surface area contributed by atoms with Crippen LogP contribution in [0.3, 0.4) is 0 Å². The van der Waals surface area contributed by atoms with Crippen LogP contribution in [0.1, 0.15) is 19.4 Å². The van der Waals surface area contributed by atoms with Gasteiger partial charge in [-0.25, -0.2) is 15.0 Å². The molecule has 2 N–H and O–H groups in total. The molecule has 180 valence electrons. The number of methoxy groups -OCH3 is 1. The van der Waals surface area contributed by atoms with Crippen LogP contribution < -0.4 is 20.5 Å². The molecular weight excluding hydrogens is 444 g/mol. The number of benzene rings is 1. The number of nitrogens with one attached hydrogen (secondary N) is 2. The Labute approximate surface area is 203 Å². The van der Waals surface area contributed by atoms with Gasteiger partial charge in [0.05, 0.1) is 30.4 Å². The third kappa shape index (κ3) is 4.67. The first-order valence-corrected chi connectivity index (χ1v) is 11.5. The molecule has 4 aromatic rings. The van der Waals surface area contributed by atoms with Crippen molar-refractivity contribution in [2.24, 2.45) is 0 Å². The van der Waals surface area contributed by atoms with Crippen LogP contribution >= 0.6 is 0 Å². The Bertz CT molecular complexity index is 1430. The Morgan fingerprint density at radius 1 is 1.17 bits per heavy atom. The van der Waals surface area contributed by atoms with E-state index < -0.39 is 0 Å². The largest absolute Gasteiger partial charge is 0.467 e. The second-order valence-electron chi connectivity index (χ2n) is 9.24. The zero-order chi connectivity index (χ0) is 24.6. The number of aryl methyl sites for hydroxylation is 1. The maximum atomic E-state index is 12.7. The highest BCUT2D eigenvalue weighted by atomic mass is 16.5. The SMILES string of the molecule is COc1ncc(-c2cc3cc[nH]c(=O)c3c(Nc3ccc(N4CCOC(C)(C)C4)c(C)c3)n2)cn1. The molecule has 3 aromatic heterocycles. The van der Waals surface area contributed by atoms with E-state index in [0.717, 1.165) is 35.3 Å². The van der Waals surface area contributed by atoms with E-state index >= 15 is 0 Å². The average molecular weight is 473 g/mol. The van der Waals surface area contributed by atoms with E-state index in [-0.39, 0.29) is 17.2 Å². The van der Waals surface area contributed by atoms with Crippen molar-refractivity contribution >= 4 is 28.0 Å². The quantitative estimate of drug-likeness (QED) is 0.448. The van der Waals surface area contributed by atoms with Crippen LogP contribution in [0.4, 0.5) is 17.2 Å². The topological polar surface area (TPSA) is 105 Å². The number of nitrogens with zero attached hydrogens (tertiary/aromatic N) is 4. The van der Waals surface area contributed by atoms with E-state index in [1.807, 2.05) is 18.2 Å². The number of H-pyrrole nitrogens is 1. The first kappa shape index (κ1) is 22.8. The Kier molecular flexibility index (Phi) is 5.86. The molecule has 1 aromatic carbocycles. The fourth-order valence-electron chi connectivity index (χ4n) is 4.45. The van der Waals surface area contributed by atoms with Crippen molar-refractivity contribution in [3.63, 3.8) is 0 Å². The minimum atomic E-state index is -0.209. The minimum absolute atomic E-state index is 0.183. The molecule has 0 saturated carbocycles. The summed E-state index contributed by atoms with van der Waals surface area (Å²) in [5, 5.41) is 4.62. The molecule has 0 bridgehead atoms. The van der Waals surface area contributed by atoms with Crippen LogP contribution in [0, 0.1) is 6.92 Å². The summed E-state index contributed by atoms with van der Waals surface area (Å²) in [4.78, 5) is 31.0. The molecule has 35 heavy (non-hydrogen) atoms. The zero-order valence-corrected chi connectivity index (χ0v) is 20.3. The van der Waals surface area contributed by atoms with Crippen LogP contribution in [-0.4, -0.2) is 52.3 Å². The van der Waals surface area contributed by atoms with E-state index in [9.17, 15) is 4.79 Å². The second-order valence-corrected chi connectivity index (χ2v) is 9.24. The molecule has 9 nitrogen and oxygen atoms in total. The summed E-state index contributed by atoms with van der Waals surface area (Å²) in [6.07, 6.45) is 4.94. The van der Waals surface area contributed by atoms with Gasteiger partial charge in [-0.05, 0) is 62.1 Å². The summed E-state index contributed by atoms with van der Waals surface area (Å²) in [7, 11) is 1.52. The Morgan fingerprint density at radius 2 is 1.97 bits per heavy atom. The van der Waals surface area contributed by atoms with Crippen molar-refractivity contribution < 1.29 is 9.47 Å². The lowest BCUT2D eigenvalue weighted by molar-refractivity contribution is -0.0277. The number of rotatable bonds is 5. The first-order valence-electron chi connectivity index (χ1n) is 11.5. The van der Waals surface area contributed by atoms with E-state index in [1.165, 1.54) is 12.8 Å². The lowest BCUT2D eigenvalue weighted by Gasteiger charge is -2.40. The van der Waals surface area contributed by atoms with E-state index in [2.05, 4.69) is 58.1 Å². The molecule has 1 aliphatic rings. The van der Waals surface area contributed by atoms with Gasteiger partial charge in [0, 0.05) is 48.6 Å². The van der Waals surface area contributed by atoms with Gasteiger partial charge in [-0.15, -0.1) is 0 Å². The standard InChI is InChI=1S/C26H28N6O3/c1-16-11-19(5-6-21(16)32-9-10-35-26(2,3)15-32)30-23-22-17(7-8-27-24(22)33)12-20(31-23)18-13-28-25(34-4)29-14-18/h5-8,11-14H,9-10,15H2,1-4H3,(H,27,33)(H,30,31). The molecule has 0 atom stereocenters. The number of ether oxygens (including phenoxy) is 2. The van der Waals surface area contributed by atoms with Crippen molar-refractivity contribution in [3.05, 3.63) is 64.8 Å². The molecule has 0 unspecified atom stereocenters. The van der Waals surface area contributed by atoms with Crippen LogP contribution in [-0.2, 0) is 4.74 Å². The highest BCUT2D eigenvalue weighted by molar-refractivity contribution is 5.95. The van der Waals surface area contributed by atoms with Crippen LogP contribution in [0.15, 0.2) is 53.7 Å². The number of hydrogen-bond donors (Lipinski definition) is 2. The van der Waals surface area contributed by atoms with Crippen molar-refractivity contribution in [3.8, 4) is 17.3 Å².